The number of carbonyl (C=O) groups excluding carboxylic acids is 2. The van der Waals surface area contributed by atoms with Crippen LogP contribution < -0.4 is 5.32 Å². The highest BCUT2D eigenvalue weighted by Crippen LogP contribution is 2.37. The third-order valence-corrected chi connectivity index (χ3v) is 5.27. The SMILES string of the molecule is CC1(C)C(=O)Nc2cc(C(=O)OCc3ccnn3C3CCC3)ccc21. The first kappa shape index (κ1) is 15.9. The molecule has 130 valence electrons. The highest BCUT2D eigenvalue weighted by Gasteiger charge is 2.38. The van der Waals surface area contributed by atoms with Crippen molar-refractivity contribution in [3.8, 4) is 0 Å². The second kappa shape index (κ2) is 5.72. The number of hydrogen-bond donors (Lipinski definition) is 1. The van der Waals surface area contributed by atoms with Gasteiger partial charge in [0.25, 0.3) is 0 Å². The van der Waals surface area contributed by atoms with Crippen LogP contribution in [0.15, 0.2) is 30.5 Å². The summed E-state index contributed by atoms with van der Waals surface area (Å²) >= 11 is 0. The molecule has 1 amide bonds. The number of ether oxygens (including phenoxy) is 1. The van der Waals surface area contributed by atoms with Crippen molar-refractivity contribution in [1.82, 2.24) is 9.78 Å². The zero-order valence-electron chi connectivity index (χ0n) is 14.4. The molecule has 1 N–H and O–H groups in total. The Labute approximate surface area is 146 Å². The van der Waals surface area contributed by atoms with Crippen LogP contribution in [0.5, 0.6) is 0 Å². The second-order valence-corrected chi connectivity index (χ2v) is 7.27. The van der Waals surface area contributed by atoms with Gasteiger partial charge >= 0.3 is 5.97 Å². The van der Waals surface area contributed by atoms with E-state index in [1.165, 1.54) is 6.42 Å². The number of anilines is 1. The minimum Gasteiger partial charge on any atom is -0.456 e. The lowest BCUT2D eigenvalue weighted by molar-refractivity contribution is -0.119. The molecule has 1 aliphatic carbocycles. The van der Waals surface area contributed by atoms with Gasteiger partial charge in [-0.05, 0) is 56.9 Å². The number of aromatic nitrogens is 2. The second-order valence-electron chi connectivity index (χ2n) is 7.27. The molecular weight excluding hydrogens is 318 g/mol. The van der Waals surface area contributed by atoms with Crippen LogP contribution in [0.4, 0.5) is 5.69 Å². The van der Waals surface area contributed by atoms with Crippen molar-refractivity contribution in [1.29, 1.82) is 0 Å². The van der Waals surface area contributed by atoms with Crippen LogP contribution in [0.3, 0.4) is 0 Å². The van der Waals surface area contributed by atoms with Gasteiger partial charge in [0.15, 0.2) is 0 Å². The summed E-state index contributed by atoms with van der Waals surface area (Å²) in [5.74, 6) is -0.458. The van der Waals surface area contributed by atoms with Gasteiger partial charge in [-0.25, -0.2) is 4.79 Å². The third kappa shape index (κ3) is 2.62. The quantitative estimate of drug-likeness (QED) is 0.868. The Morgan fingerprint density at radius 2 is 2.16 bits per heavy atom. The Bertz CT molecular complexity index is 849. The lowest BCUT2D eigenvalue weighted by atomic mass is 9.86. The van der Waals surface area contributed by atoms with Crippen LogP contribution in [-0.4, -0.2) is 21.7 Å². The molecule has 0 saturated heterocycles. The van der Waals surface area contributed by atoms with Crippen molar-refractivity contribution in [3.63, 3.8) is 0 Å². The van der Waals surface area contributed by atoms with Crippen molar-refractivity contribution >= 4 is 17.6 Å². The van der Waals surface area contributed by atoms with E-state index < -0.39 is 11.4 Å². The molecule has 0 spiro atoms. The molecule has 2 aliphatic rings. The third-order valence-electron chi connectivity index (χ3n) is 5.27. The number of rotatable bonds is 4. The molecule has 4 rings (SSSR count). The van der Waals surface area contributed by atoms with E-state index in [0.29, 0.717) is 17.3 Å². The molecule has 1 aromatic carbocycles. The summed E-state index contributed by atoms with van der Waals surface area (Å²) < 4.78 is 7.42. The average Bonchev–Trinajstić information content (AvgIpc) is 3.06. The molecule has 1 aliphatic heterocycles. The Hall–Kier alpha value is -2.63. The fourth-order valence-corrected chi connectivity index (χ4v) is 3.36. The number of nitrogens with one attached hydrogen (secondary N) is 1. The first-order chi connectivity index (χ1) is 12.0. The summed E-state index contributed by atoms with van der Waals surface area (Å²) in [5, 5.41) is 7.17. The van der Waals surface area contributed by atoms with Crippen LogP contribution >= 0.6 is 0 Å². The van der Waals surface area contributed by atoms with Crippen molar-refractivity contribution in [2.75, 3.05) is 5.32 Å². The summed E-state index contributed by atoms with van der Waals surface area (Å²) in [6.45, 7) is 3.94. The molecule has 6 nitrogen and oxygen atoms in total. The standard InChI is InChI=1S/C19H21N3O3/c1-19(2)15-7-6-12(10-16(15)21-18(19)24)17(23)25-11-14-8-9-20-22(14)13-4-3-5-13/h6-10,13H,3-5,11H2,1-2H3,(H,21,24). The maximum atomic E-state index is 12.4. The van der Waals surface area contributed by atoms with E-state index in [-0.39, 0.29) is 12.5 Å². The topological polar surface area (TPSA) is 73.2 Å². The summed E-state index contributed by atoms with van der Waals surface area (Å²) in [4.78, 5) is 24.4. The van der Waals surface area contributed by atoms with E-state index in [1.54, 1.807) is 18.3 Å². The number of nitrogens with zero attached hydrogens (tertiary/aromatic N) is 2. The van der Waals surface area contributed by atoms with E-state index in [9.17, 15) is 9.59 Å². The van der Waals surface area contributed by atoms with Gasteiger partial charge in [0.1, 0.15) is 6.61 Å². The van der Waals surface area contributed by atoms with Crippen molar-refractivity contribution in [3.05, 3.63) is 47.3 Å². The smallest absolute Gasteiger partial charge is 0.338 e. The summed E-state index contributed by atoms with van der Waals surface area (Å²) in [6, 6.07) is 7.54. The summed E-state index contributed by atoms with van der Waals surface area (Å²) in [6.07, 6.45) is 5.22. The van der Waals surface area contributed by atoms with Crippen LogP contribution in [0, 0.1) is 0 Å². The van der Waals surface area contributed by atoms with E-state index in [0.717, 1.165) is 24.1 Å². The number of hydrogen-bond acceptors (Lipinski definition) is 4. The molecule has 1 saturated carbocycles. The lowest BCUT2D eigenvalue weighted by Crippen LogP contribution is -2.26. The zero-order valence-corrected chi connectivity index (χ0v) is 14.4. The van der Waals surface area contributed by atoms with Gasteiger partial charge in [-0.2, -0.15) is 5.10 Å². The molecule has 2 aromatic rings. The fourth-order valence-electron chi connectivity index (χ4n) is 3.36. The number of esters is 1. The van der Waals surface area contributed by atoms with Crippen LogP contribution in [0.25, 0.3) is 0 Å². The largest absolute Gasteiger partial charge is 0.456 e. The van der Waals surface area contributed by atoms with Crippen LogP contribution in [-0.2, 0) is 21.6 Å². The normalized spacial score (nSPS) is 18.4. The molecule has 25 heavy (non-hydrogen) atoms. The monoisotopic (exact) mass is 339 g/mol. The van der Waals surface area contributed by atoms with E-state index in [1.807, 2.05) is 30.7 Å². The van der Waals surface area contributed by atoms with Gasteiger partial charge in [-0.3, -0.25) is 9.48 Å². The molecule has 2 heterocycles. The highest BCUT2D eigenvalue weighted by atomic mass is 16.5. The van der Waals surface area contributed by atoms with Crippen LogP contribution in [0.1, 0.15) is 60.8 Å². The molecule has 1 aromatic heterocycles. The predicted molar refractivity (Wildman–Crippen MR) is 92.3 cm³/mol. The van der Waals surface area contributed by atoms with Crippen molar-refractivity contribution in [2.24, 2.45) is 0 Å². The molecular formula is C19H21N3O3. The summed E-state index contributed by atoms with van der Waals surface area (Å²) in [7, 11) is 0. The Morgan fingerprint density at radius 1 is 1.36 bits per heavy atom. The number of amides is 1. The van der Waals surface area contributed by atoms with E-state index >= 15 is 0 Å². The van der Waals surface area contributed by atoms with Crippen LogP contribution in [0.2, 0.25) is 0 Å². The van der Waals surface area contributed by atoms with Gasteiger partial charge in [-0.15, -0.1) is 0 Å². The highest BCUT2D eigenvalue weighted by molar-refractivity contribution is 6.06. The number of fused-ring (bicyclic) bond motifs is 1. The lowest BCUT2D eigenvalue weighted by Gasteiger charge is -2.27. The summed E-state index contributed by atoms with van der Waals surface area (Å²) in [5.41, 5.74) is 2.36. The van der Waals surface area contributed by atoms with E-state index in [4.69, 9.17) is 4.74 Å². The maximum Gasteiger partial charge on any atom is 0.338 e. The Morgan fingerprint density at radius 3 is 2.88 bits per heavy atom. The minimum absolute atomic E-state index is 0.0579. The van der Waals surface area contributed by atoms with E-state index in [2.05, 4.69) is 10.4 Å². The Balaban J connectivity index is 1.47. The molecule has 6 heteroatoms. The maximum absolute atomic E-state index is 12.4. The number of carbonyl (C=O) groups is 2. The molecule has 0 bridgehead atoms. The van der Waals surface area contributed by atoms with Gasteiger partial charge in [0, 0.05) is 11.9 Å². The minimum atomic E-state index is -0.576. The zero-order chi connectivity index (χ0) is 17.6. The van der Waals surface area contributed by atoms with Gasteiger partial charge in [-0.1, -0.05) is 6.07 Å². The van der Waals surface area contributed by atoms with Gasteiger partial charge in [0.05, 0.1) is 22.7 Å². The van der Waals surface area contributed by atoms with Gasteiger partial charge < -0.3 is 10.1 Å². The van der Waals surface area contributed by atoms with Crippen molar-refractivity contribution < 1.29 is 14.3 Å². The molecule has 0 atom stereocenters. The Kier molecular flexibility index (Phi) is 3.63. The average molecular weight is 339 g/mol. The predicted octanol–water partition coefficient (Wildman–Crippen LogP) is 3.19. The number of benzene rings is 1. The van der Waals surface area contributed by atoms with Gasteiger partial charge in [0.2, 0.25) is 5.91 Å². The van der Waals surface area contributed by atoms with Crippen molar-refractivity contribution in [2.45, 2.75) is 51.2 Å². The first-order valence-electron chi connectivity index (χ1n) is 8.62. The first-order valence-corrected chi connectivity index (χ1v) is 8.62. The molecule has 0 radical (unpaired) electrons. The fraction of sp³-hybridized carbons (Fsp3) is 0.421. The molecule has 1 fully saturated rings. The molecule has 0 unspecified atom stereocenters.